The number of phenols is 2. The Morgan fingerprint density at radius 1 is 1.18 bits per heavy atom. The van der Waals surface area contributed by atoms with Crippen LogP contribution in [-0.4, -0.2) is 20.9 Å². The lowest BCUT2D eigenvalue weighted by molar-refractivity contribution is -0.386. The van der Waals surface area contributed by atoms with Crippen molar-refractivity contribution in [3.05, 3.63) is 63.7 Å². The number of nitrogens with zero attached hydrogens (tertiary/aromatic N) is 1. The first-order chi connectivity index (χ1) is 10.4. The molecule has 112 valence electrons. The predicted octanol–water partition coefficient (Wildman–Crippen LogP) is 3.14. The molecular weight excluding hydrogens is 286 g/mol. The second-order valence-electron chi connectivity index (χ2n) is 4.65. The largest absolute Gasteiger partial charge is 0.504 e. The predicted molar refractivity (Wildman–Crippen MR) is 81.4 cm³/mol. The number of nitro groups is 1. The molecule has 0 heterocycles. The second kappa shape index (κ2) is 6.09. The van der Waals surface area contributed by atoms with Gasteiger partial charge in [-0.1, -0.05) is 30.3 Å². The van der Waals surface area contributed by atoms with Gasteiger partial charge in [0.25, 0.3) is 0 Å². The highest BCUT2D eigenvalue weighted by Crippen LogP contribution is 2.37. The van der Waals surface area contributed by atoms with Gasteiger partial charge in [0.1, 0.15) is 0 Å². The molecule has 2 N–H and O–H groups in total. The number of carbonyl (C=O) groups excluding carboxylic acids is 1. The van der Waals surface area contributed by atoms with Crippen molar-refractivity contribution in [3.8, 4) is 11.5 Å². The van der Waals surface area contributed by atoms with E-state index >= 15 is 0 Å². The van der Waals surface area contributed by atoms with Gasteiger partial charge < -0.3 is 10.2 Å². The summed E-state index contributed by atoms with van der Waals surface area (Å²) < 4.78 is 0. The van der Waals surface area contributed by atoms with E-state index in [0.717, 1.165) is 12.1 Å². The number of ketones is 1. The smallest absolute Gasteiger partial charge is 0.315 e. The number of carbonyl (C=O) groups is 1. The lowest BCUT2D eigenvalue weighted by atomic mass is 9.99. The zero-order valence-electron chi connectivity index (χ0n) is 11.7. The van der Waals surface area contributed by atoms with Crippen LogP contribution in [0.5, 0.6) is 11.5 Å². The molecule has 0 aliphatic carbocycles. The Morgan fingerprint density at radius 3 is 2.36 bits per heavy atom. The summed E-state index contributed by atoms with van der Waals surface area (Å²) in [4.78, 5) is 21.9. The normalized spacial score (nSPS) is 11.2. The zero-order valence-corrected chi connectivity index (χ0v) is 11.7. The Hall–Kier alpha value is -3.15. The summed E-state index contributed by atoms with van der Waals surface area (Å²) in [5.74, 6) is -1.64. The van der Waals surface area contributed by atoms with Crippen molar-refractivity contribution in [2.45, 2.75) is 6.92 Å². The minimum Gasteiger partial charge on any atom is -0.504 e. The van der Waals surface area contributed by atoms with E-state index in [9.17, 15) is 25.1 Å². The first kappa shape index (κ1) is 15.2. The summed E-state index contributed by atoms with van der Waals surface area (Å²) in [5.41, 5.74) is 0.628. The van der Waals surface area contributed by atoms with Crippen molar-refractivity contribution >= 4 is 23.1 Å². The Kier molecular flexibility index (Phi) is 4.22. The van der Waals surface area contributed by atoms with Crippen LogP contribution in [0.3, 0.4) is 0 Å². The molecule has 22 heavy (non-hydrogen) atoms. The summed E-state index contributed by atoms with van der Waals surface area (Å²) in [6.07, 6.45) is 1.43. The Labute approximate surface area is 126 Å². The highest BCUT2D eigenvalue weighted by atomic mass is 16.6. The average Bonchev–Trinajstić information content (AvgIpc) is 2.48. The molecule has 0 atom stereocenters. The molecule has 0 aliphatic heterocycles. The third kappa shape index (κ3) is 3.12. The molecule has 0 aliphatic rings. The Bertz CT molecular complexity index is 766. The molecule has 6 heteroatoms. The maximum atomic E-state index is 11.8. The Morgan fingerprint density at radius 2 is 1.82 bits per heavy atom. The molecule has 2 aromatic rings. The number of rotatable bonds is 4. The summed E-state index contributed by atoms with van der Waals surface area (Å²) in [5, 5.41) is 29.9. The van der Waals surface area contributed by atoms with Crippen molar-refractivity contribution < 1.29 is 19.9 Å². The number of allylic oxidation sites excluding steroid dienone is 1. The number of hydrogen-bond donors (Lipinski definition) is 2. The maximum absolute atomic E-state index is 11.8. The zero-order chi connectivity index (χ0) is 16.3. The van der Waals surface area contributed by atoms with Crippen LogP contribution in [0.25, 0.3) is 11.6 Å². The SMILES string of the molecule is CC(=O)/C(=C/c1cc(O)c(O)c([N+](=O)[O-])c1)c1ccccc1. The molecule has 0 radical (unpaired) electrons. The van der Waals surface area contributed by atoms with Gasteiger partial charge in [0.2, 0.25) is 5.75 Å². The molecule has 0 aromatic heterocycles. The van der Waals surface area contributed by atoms with Crippen molar-refractivity contribution in [2.24, 2.45) is 0 Å². The molecule has 0 spiro atoms. The van der Waals surface area contributed by atoms with E-state index in [1.165, 1.54) is 13.0 Å². The van der Waals surface area contributed by atoms with E-state index in [-0.39, 0.29) is 11.3 Å². The lowest BCUT2D eigenvalue weighted by Crippen LogP contribution is -1.96. The van der Waals surface area contributed by atoms with Crippen molar-refractivity contribution in [2.75, 3.05) is 0 Å². The van der Waals surface area contributed by atoms with Crippen molar-refractivity contribution in [3.63, 3.8) is 0 Å². The molecule has 0 saturated carbocycles. The lowest BCUT2D eigenvalue weighted by Gasteiger charge is -2.06. The van der Waals surface area contributed by atoms with Gasteiger partial charge in [0.05, 0.1) is 4.92 Å². The van der Waals surface area contributed by atoms with Crippen molar-refractivity contribution in [1.82, 2.24) is 0 Å². The number of benzene rings is 2. The molecular formula is C16H13NO5. The summed E-state index contributed by atoms with van der Waals surface area (Å²) >= 11 is 0. The van der Waals surface area contributed by atoms with Crippen LogP contribution in [0.2, 0.25) is 0 Å². The monoisotopic (exact) mass is 299 g/mol. The van der Waals surface area contributed by atoms with Gasteiger partial charge in [0, 0.05) is 11.6 Å². The first-order valence-electron chi connectivity index (χ1n) is 6.38. The molecule has 0 amide bonds. The van der Waals surface area contributed by atoms with E-state index in [0.29, 0.717) is 11.1 Å². The van der Waals surface area contributed by atoms with Gasteiger partial charge in [0.15, 0.2) is 11.5 Å². The molecule has 6 nitrogen and oxygen atoms in total. The molecule has 0 saturated heterocycles. The molecule has 0 fully saturated rings. The summed E-state index contributed by atoms with van der Waals surface area (Å²) in [6.45, 7) is 1.38. The van der Waals surface area contributed by atoms with E-state index in [1.807, 2.05) is 0 Å². The second-order valence-corrected chi connectivity index (χ2v) is 4.65. The minimum absolute atomic E-state index is 0.221. The maximum Gasteiger partial charge on any atom is 0.315 e. The van der Waals surface area contributed by atoms with E-state index < -0.39 is 22.1 Å². The number of Topliss-reactive ketones (excluding diaryl/α,β-unsaturated/α-hetero) is 1. The van der Waals surface area contributed by atoms with Crippen LogP contribution in [0.4, 0.5) is 5.69 Å². The number of nitro benzene ring substituents is 1. The van der Waals surface area contributed by atoms with Gasteiger partial charge in [-0.3, -0.25) is 14.9 Å². The highest BCUT2D eigenvalue weighted by molar-refractivity contribution is 6.24. The van der Waals surface area contributed by atoms with Crippen LogP contribution < -0.4 is 0 Å². The van der Waals surface area contributed by atoms with Crippen LogP contribution in [0.1, 0.15) is 18.1 Å². The fourth-order valence-electron chi connectivity index (χ4n) is 2.02. The number of aromatic hydroxyl groups is 2. The minimum atomic E-state index is -0.803. The third-order valence-electron chi connectivity index (χ3n) is 3.06. The van der Waals surface area contributed by atoms with Crippen LogP contribution in [-0.2, 0) is 4.79 Å². The fourth-order valence-corrected chi connectivity index (χ4v) is 2.02. The van der Waals surface area contributed by atoms with E-state index in [4.69, 9.17) is 0 Å². The van der Waals surface area contributed by atoms with Crippen molar-refractivity contribution in [1.29, 1.82) is 0 Å². The van der Waals surface area contributed by atoms with Gasteiger partial charge >= 0.3 is 5.69 Å². The van der Waals surface area contributed by atoms with Gasteiger partial charge in [-0.25, -0.2) is 0 Å². The first-order valence-corrected chi connectivity index (χ1v) is 6.38. The standard InChI is InChI=1S/C16H13NO5/c1-10(18)13(12-5-3-2-4-6-12)7-11-8-14(17(21)22)16(20)15(19)9-11/h2-9,19-20H,1H3/b13-7-. The Balaban J connectivity index is 2.59. The number of hydrogen-bond acceptors (Lipinski definition) is 5. The van der Waals surface area contributed by atoms with Crippen LogP contribution >= 0.6 is 0 Å². The van der Waals surface area contributed by atoms with Crippen LogP contribution in [0, 0.1) is 10.1 Å². The average molecular weight is 299 g/mol. The summed E-state index contributed by atoms with van der Waals surface area (Å²) in [6, 6.07) is 11.1. The van der Waals surface area contributed by atoms with Crippen LogP contribution in [0.15, 0.2) is 42.5 Å². The quantitative estimate of drug-likeness (QED) is 0.297. The molecule has 0 unspecified atom stereocenters. The molecule has 2 aromatic carbocycles. The fraction of sp³-hybridized carbons (Fsp3) is 0.0625. The molecule has 2 rings (SSSR count). The van der Waals surface area contributed by atoms with Gasteiger partial charge in [-0.15, -0.1) is 0 Å². The van der Waals surface area contributed by atoms with Gasteiger partial charge in [-0.05, 0) is 30.2 Å². The molecule has 0 bridgehead atoms. The topological polar surface area (TPSA) is 101 Å². The van der Waals surface area contributed by atoms with E-state index in [2.05, 4.69) is 0 Å². The third-order valence-corrected chi connectivity index (χ3v) is 3.06. The van der Waals surface area contributed by atoms with E-state index in [1.54, 1.807) is 30.3 Å². The number of phenolic OH excluding ortho intramolecular Hbond substituents is 2. The summed E-state index contributed by atoms with van der Waals surface area (Å²) in [7, 11) is 0. The van der Waals surface area contributed by atoms with Gasteiger partial charge in [-0.2, -0.15) is 0 Å². The highest BCUT2D eigenvalue weighted by Gasteiger charge is 2.19.